The summed E-state index contributed by atoms with van der Waals surface area (Å²) < 4.78 is 6.05. The van der Waals surface area contributed by atoms with Gasteiger partial charge in [0, 0.05) is 9.50 Å². The van der Waals surface area contributed by atoms with Crippen molar-refractivity contribution in [3.63, 3.8) is 0 Å². The molecule has 14 heavy (non-hydrogen) atoms. The molecule has 1 heterocycles. The molecule has 0 aliphatic carbocycles. The van der Waals surface area contributed by atoms with Gasteiger partial charge in [-0.25, -0.2) is 4.99 Å². The number of rotatable bonds is 1. The Balaban J connectivity index is 2.36. The van der Waals surface area contributed by atoms with E-state index < -0.39 is 0 Å². The molecule has 0 fully saturated rings. The third kappa shape index (κ3) is 1.86. The van der Waals surface area contributed by atoms with Crippen LogP contribution in [0.3, 0.4) is 0 Å². The second-order valence-corrected chi connectivity index (χ2v) is 4.25. The molecular formula is C9H8BrClN2O. The Kier molecular flexibility index (Phi) is 2.65. The molecule has 1 aromatic carbocycles. The molecule has 0 radical (unpaired) electrons. The molecule has 0 spiro atoms. The van der Waals surface area contributed by atoms with Crippen LogP contribution >= 0.6 is 27.5 Å². The molecule has 2 rings (SSSR count). The first-order valence-corrected chi connectivity index (χ1v) is 5.25. The maximum atomic E-state index is 5.89. The van der Waals surface area contributed by atoms with Crippen molar-refractivity contribution in [3.05, 3.63) is 33.3 Å². The summed E-state index contributed by atoms with van der Waals surface area (Å²) in [5, 5.41) is 0.684. The highest BCUT2D eigenvalue weighted by Crippen LogP contribution is 2.30. The molecule has 0 aromatic heterocycles. The van der Waals surface area contributed by atoms with E-state index in [4.69, 9.17) is 22.1 Å². The quantitative estimate of drug-likeness (QED) is 0.856. The Hall–Kier alpha value is -0.740. The molecule has 0 saturated heterocycles. The van der Waals surface area contributed by atoms with Crippen LogP contribution in [0.5, 0.6) is 0 Å². The van der Waals surface area contributed by atoms with E-state index in [-0.39, 0.29) is 12.1 Å². The van der Waals surface area contributed by atoms with Gasteiger partial charge in [-0.15, -0.1) is 0 Å². The minimum absolute atomic E-state index is 0.0527. The van der Waals surface area contributed by atoms with Gasteiger partial charge in [0.1, 0.15) is 12.6 Å². The lowest BCUT2D eigenvalue weighted by molar-refractivity contribution is 0.315. The van der Waals surface area contributed by atoms with Gasteiger partial charge in [-0.2, -0.15) is 0 Å². The van der Waals surface area contributed by atoms with Crippen LogP contribution in [0.2, 0.25) is 5.02 Å². The summed E-state index contributed by atoms with van der Waals surface area (Å²) in [4.78, 5) is 4.14. The molecule has 0 bridgehead atoms. The van der Waals surface area contributed by atoms with Gasteiger partial charge in [0.25, 0.3) is 6.02 Å². The summed E-state index contributed by atoms with van der Waals surface area (Å²) in [5.74, 6) is 0. The molecule has 0 saturated carbocycles. The van der Waals surface area contributed by atoms with Crippen molar-refractivity contribution in [1.82, 2.24) is 0 Å². The number of nitrogens with zero attached hydrogens (tertiary/aromatic N) is 1. The van der Waals surface area contributed by atoms with E-state index in [0.29, 0.717) is 11.6 Å². The smallest absolute Gasteiger partial charge is 0.282 e. The van der Waals surface area contributed by atoms with Crippen molar-refractivity contribution < 1.29 is 4.74 Å². The molecule has 1 aliphatic heterocycles. The van der Waals surface area contributed by atoms with Crippen LogP contribution in [0.25, 0.3) is 0 Å². The minimum atomic E-state index is -0.0527. The lowest BCUT2D eigenvalue weighted by atomic mass is 10.1. The lowest BCUT2D eigenvalue weighted by Gasteiger charge is -2.08. The van der Waals surface area contributed by atoms with Crippen molar-refractivity contribution in [3.8, 4) is 0 Å². The fourth-order valence-electron chi connectivity index (χ4n) is 1.32. The Labute approximate surface area is 95.0 Å². The molecular weight excluding hydrogens is 267 g/mol. The molecule has 2 N–H and O–H groups in total. The summed E-state index contributed by atoms with van der Waals surface area (Å²) in [5.41, 5.74) is 6.43. The van der Waals surface area contributed by atoms with Crippen LogP contribution in [-0.2, 0) is 4.74 Å². The van der Waals surface area contributed by atoms with Crippen molar-refractivity contribution in [2.75, 3.05) is 6.61 Å². The fourth-order valence-corrected chi connectivity index (χ4v) is 2.01. The van der Waals surface area contributed by atoms with E-state index in [0.717, 1.165) is 10.0 Å². The van der Waals surface area contributed by atoms with E-state index in [1.54, 1.807) is 0 Å². The van der Waals surface area contributed by atoms with Gasteiger partial charge < -0.3 is 10.5 Å². The number of benzene rings is 1. The molecule has 0 amide bonds. The summed E-state index contributed by atoms with van der Waals surface area (Å²) in [6.45, 7) is 0.477. The van der Waals surface area contributed by atoms with Crippen molar-refractivity contribution in [2.45, 2.75) is 6.04 Å². The highest BCUT2D eigenvalue weighted by Gasteiger charge is 2.20. The third-order valence-corrected chi connectivity index (χ3v) is 2.95. The normalized spacial score (nSPS) is 20.4. The van der Waals surface area contributed by atoms with Gasteiger partial charge in [0.2, 0.25) is 0 Å². The van der Waals surface area contributed by atoms with Gasteiger partial charge in [-0.1, -0.05) is 27.5 Å². The predicted octanol–water partition coefficient (Wildman–Crippen LogP) is 2.49. The van der Waals surface area contributed by atoms with E-state index in [1.165, 1.54) is 0 Å². The van der Waals surface area contributed by atoms with Crippen LogP contribution < -0.4 is 5.73 Å². The summed E-state index contributed by atoms with van der Waals surface area (Å²) in [6.07, 6.45) is 0. The first kappa shape index (κ1) is 9.80. The summed E-state index contributed by atoms with van der Waals surface area (Å²) in [7, 11) is 0. The zero-order valence-electron chi connectivity index (χ0n) is 7.21. The first-order valence-electron chi connectivity index (χ1n) is 4.08. The Morgan fingerprint density at radius 3 is 3.00 bits per heavy atom. The maximum Gasteiger partial charge on any atom is 0.282 e. The lowest BCUT2D eigenvalue weighted by Crippen LogP contribution is -2.10. The van der Waals surface area contributed by atoms with E-state index >= 15 is 0 Å². The second-order valence-electron chi connectivity index (χ2n) is 2.96. The number of nitrogens with two attached hydrogens (primary N) is 1. The molecule has 3 nitrogen and oxygen atoms in total. The van der Waals surface area contributed by atoms with Gasteiger partial charge in [0.05, 0.1) is 0 Å². The van der Waals surface area contributed by atoms with Crippen LogP contribution in [0.4, 0.5) is 0 Å². The Bertz CT molecular complexity index is 394. The first-order chi connectivity index (χ1) is 6.66. The Morgan fingerprint density at radius 2 is 2.36 bits per heavy atom. The molecule has 1 unspecified atom stereocenters. The molecule has 74 valence electrons. The monoisotopic (exact) mass is 274 g/mol. The van der Waals surface area contributed by atoms with Gasteiger partial charge in [-0.05, 0) is 23.8 Å². The number of amidine groups is 1. The fraction of sp³-hybridized carbons (Fsp3) is 0.222. The summed E-state index contributed by atoms with van der Waals surface area (Å²) in [6, 6.07) is 5.76. The number of hydrogen-bond donors (Lipinski definition) is 1. The minimum Gasteiger partial charge on any atom is -0.463 e. The van der Waals surface area contributed by atoms with Crippen LogP contribution in [0.15, 0.2) is 27.7 Å². The van der Waals surface area contributed by atoms with E-state index in [1.807, 2.05) is 18.2 Å². The molecule has 1 aromatic rings. The maximum absolute atomic E-state index is 5.89. The average Bonchev–Trinajstić information content (AvgIpc) is 2.56. The standard InChI is InChI=1S/C9H8BrClN2O/c10-7-2-1-5(11)3-6(7)8-4-14-9(12)13-8/h1-3,8H,4H2,(H2,12,13). The largest absolute Gasteiger partial charge is 0.463 e. The number of hydrogen-bond acceptors (Lipinski definition) is 3. The van der Waals surface area contributed by atoms with Crippen LogP contribution in [-0.4, -0.2) is 12.6 Å². The van der Waals surface area contributed by atoms with Crippen molar-refractivity contribution in [2.24, 2.45) is 10.7 Å². The average molecular weight is 276 g/mol. The van der Waals surface area contributed by atoms with E-state index in [9.17, 15) is 0 Å². The van der Waals surface area contributed by atoms with Gasteiger partial charge in [-0.3, -0.25) is 0 Å². The number of ether oxygens (including phenoxy) is 1. The van der Waals surface area contributed by atoms with Crippen LogP contribution in [0.1, 0.15) is 11.6 Å². The van der Waals surface area contributed by atoms with Crippen molar-refractivity contribution >= 4 is 33.6 Å². The predicted molar refractivity (Wildman–Crippen MR) is 59.5 cm³/mol. The SMILES string of the molecule is NC1=NC(c2cc(Cl)ccc2Br)CO1. The second kappa shape index (κ2) is 3.79. The highest BCUT2D eigenvalue weighted by atomic mass is 79.9. The third-order valence-electron chi connectivity index (χ3n) is 1.99. The molecule has 1 aliphatic rings. The number of aliphatic imine (C=N–C) groups is 1. The van der Waals surface area contributed by atoms with Gasteiger partial charge >= 0.3 is 0 Å². The molecule has 5 heteroatoms. The Morgan fingerprint density at radius 1 is 1.57 bits per heavy atom. The number of halogens is 2. The highest BCUT2D eigenvalue weighted by molar-refractivity contribution is 9.10. The van der Waals surface area contributed by atoms with E-state index in [2.05, 4.69) is 20.9 Å². The zero-order chi connectivity index (χ0) is 10.1. The summed E-state index contributed by atoms with van der Waals surface area (Å²) >= 11 is 9.33. The topological polar surface area (TPSA) is 47.6 Å². The van der Waals surface area contributed by atoms with Gasteiger partial charge in [0.15, 0.2) is 0 Å². The van der Waals surface area contributed by atoms with Crippen LogP contribution in [0, 0.1) is 0 Å². The molecule has 1 atom stereocenters. The van der Waals surface area contributed by atoms with Crippen molar-refractivity contribution in [1.29, 1.82) is 0 Å². The zero-order valence-corrected chi connectivity index (χ0v) is 9.55.